The first-order valence-corrected chi connectivity index (χ1v) is 7.12. The van der Waals surface area contributed by atoms with Gasteiger partial charge in [-0.05, 0) is 39.1 Å². The van der Waals surface area contributed by atoms with Gasteiger partial charge in [-0.15, -0.1) is 11.8 Å². The lowest BCUT2D eigenvalue weighted by atomic mass is 10.1. The summed E-state index contributed by atoms with van der Waals surface area (Å²) in [4.78, 5) is 12.9. The number of carbonyl (C=O) groups excluding carboxylic acids is 1. The van der Waals surface area contributed by atoms with Crippen LogP contribution in [0.2, 0.25) is 5.02 Å². The number of thioether (sulfide) groups is 1. The minimum atomic E-state index is -0.691. The van der Waals surface area contributed by atoms with E-state index in [9.17, 15) is 4.79 Å². The van der Waals surface area contributed by atoms with E-state index in [4.69, 9.17) is 16.3 Å². The van der Waals surface area contributed by atoms with Crippen LogP contribution >= 0.6 is 23.4 Å². The van der Waals surface area contributed by atoms with Gasteiger partial charge in [0.2, 0.25) is 0 Å². The van der Waals surface area contributed by atoms with E-state index in [2.05, 4.69) is 5.32 Å². The normalized spacial score (nSPS) is 14.0. The van der Waals surface area contributed by atoms with Crippen LogP contribution in [0.25, 0.3) is 0 Å². The fourth-order valence-electron chi connectivity index (χ4n) is 1.31. The zero-order valence-electron chi connectivity index (χ0n) is 10.8. The molecule has 5 heteroatoms. The number of hydrogen-bond acceptors (Lipinski definition) is 4. The van der Waals surface area contributed by atoms with E-state index in [0.717, 1.165) is 4.90 Å². The van der Waals surface area contributed by atoms with Crippen molar-refractivity contribution in [3.05, 3.63) is 29.3 Å². The molecule has 0 saturated heterocycles. The monoisotopic (exact) mass is 287 g/mol. The number of likely N-dealkylation sites (N-methyl/N-ethyl adjacent to an activating group) is 1. The number of esters is 1. The van der Waals surface area contributed by atoms with Crippen molar-refractivity contribution in [3.63, 3.8) is 0 Å². The van der Waals surface area contributed by atoms with Crippen molar-refractivity contribution >= 4 is 29.3 Å². The number of hydrogen-bond donors (Lipinski definition) is 1. The first-order valence-electron chi connectivity index (χ1n) is 5.76. The van der Waals surface area contributed by atoms with Crippen LogP contribution in [0.5, 0.6) is 0 Å². The summed E-state index contributed by atoms with van der Waals surface area (Å²) in [6, 6.07) is 7.57. The molecular formula is C13H18ClNO2S. The topological polar surface area (TPSA) is 38.3 Å². The molecule has 0 amide bonds. The maximum atomic E-state index is 11.9. The van der Waals surface area contributed by atoms with Crippen LogP contribution in [0.4, 0.5) is 0 Å². The average Bonchev–Trinajstić information content (AvgIpc) is 2.36. The summed E-state index contributed by atoms with van der Waals surface area (Å²) in [5.74, 6) is 0.352. The molecule has 0 bridgehead atoms. The van der Waals surface area contributed by atoms with Gasteiger partial charge < -0.3 is 10.1 Å². The van der Waals surface area contributed by atoms with Crippen LogP contribution in [-0.4, -0.2) is 30.9 Å². The highest BCUT2D eigenvalue weighted by atomic mass is 35.5. The van der Waals surface area contributed by atoms with Gasteiger partial charge in [0.05, 0.1) is 6.61 Å². The van der Waals surface area contributed by atoms with E-state index in [1.807, 2.05) is 31.2 Å². The maximum absolute atomic E-state index is 11.9. The number of ether oxygens (including phenoxy) is 1. The predicted molar refractivity (Wildman–Crippen MR) is 76.3 cm³/mol. The molecule has 1 atom stereocenters. The lowest BCUT2D eigenvalue weighted by molar-refractivity contribution is -0.149. The van der Waals surface area contributed by atoms with E-state index in [0.29, 0.717) is 17.4 Å². The Balaban J connectivity index is 2.66. The van der Waals surface area contributed by atoms with Crippen LogP contribution in [0.1, 0.15) is 13.8 Å². The van der Waals surface area contributed by atoms with Gasteiger partial charge in [-0.3, -0.25) is 4.79 Å². The van der Waals surface area contributed by atoms with Crippen molar-refractivity contribution in [2.45, 2.75) is 24.3 Å². The largest absolute Gasteiger partial charge is 0.465 e. The zero-order valence-corrected chi connectivity index (χ0v) is 12.4. The van der Waals surface area contributed by atoms with E-state index < -0.39 is 5.54 Å². The Labute approximate surface area is 117 Å². The van der Waals surface area contributed by atoms with Gasteiger partial charge in [0.1, 0.15) is 5.54 Å². The highest BCUT2D eigenvalue weighted by Crippen LogP contribution is 2.25. The Kier molecular flexibility index (Phi) is 5.99. The molecule has 0 fully saturated rings. The summed E-state index contributed by atoms with van der Waals surface area (Å²) in [6.07, 6.45) is 0. The SMILES string of the molecule is CCOC(=O)C(C)(CSc1cccc(Cl)c1)NC. The molecule has 3 nitrogen and oxygen atoms in total. The van der Waals surface area contributed by atoms with E-state index in [1.54, 1.807) is 25.7 Å². The third-order valence-electron chi connectivity index (χ3n) is 2.60. The highest BCUT2D eigenvalue weighted by molar-refractivity contribution is 7.99. The Hall–Kier alpha value is -0.710. The average molecular weight is 288 g/mol. The van der Waals surface area contributed by atoms with Crippen molar-refractivity contribution in [1.82, 2.24) is 5.32 Å². The molecule has 0 heterocycles. The van der Waals surface area contributed by atoms with Crippen LogP contribution in [0.15, 0.2) is 29.2 Å². The number of carbonyl (C=O) groups is 1. The van der Waals surface area contributed by atoms with Crippen molar-refractivity contribution in [2.24, 2.45) is 0 Å². The Morgan fingerprint density at radius 2 is 2.28 bits per heavy atom. The number of rotatable bonds is 6. The zero-order chi connectivity index (χ0) is 13.6. The molecule has 1 aromatic rings. The van der Waals surface area contributed by atoms with Gasteiger partial charge in [0.25, 0.3) is 0 Å². The summed E-state index contributed by atoms with van der Waals surface area (Å²) < 4.78 is 5.07. The molecule has 1 unspecified atom stereocenters. The fraction of sp³-hybridized carbons (Fsp3) is 0.462. The maximum Gasteiger partial charge on any atom is 0.326 e. The molecule has 1 rings (SSSR count). The van der Waals surface area contributed by atoms with Crippen LogP contribution in [0, 0.1) is 0 Å². The number of benzene rings is 1. The summed E-state index contributed by atoms with van der Waals surface area (Å²) in [6.45, 7) is 4.03. The molecule has 0 radical (unpaired) electrons. The summed E-state index contributed by atoms with van der Waals surface area (Å²) in [7, 11) is 1.76. The lowest BCUT2D eigenvalue weighted by Gasteiger charge is -2.26. The van der Waals surface area contributed by atoms with E-state index >= 15 is 0 Å². The van der Waals surface area contributed by atoms with Crippen molar-refractivity contribution < 1.29 is 9.53 Å². The molecule has 1 N–H and O–H groups in total. The van der Waals surface area contributed by atoms with Crippen LogP contribution in [0.3, 0.4) is 0 Å². The van der Waals surface area contributed by atoms with Crippen LogP contribution < -0.4 is 5.32 Å². The molecular weight excluding hydrogens is 270 g/mol. The van der Waals surface area contributed by atoms with E-state index in [1.165, 1.54) is 0 Å². The van der Waals surface area contributed by atoms with Gasteiger partial charge in [0.15, 0.2) is 0 Å². The lowest BCUT2D eigenvalue weighted by Crippen LogP contribution is -2.50. The molecule has 0 aliphatic heterocycles. The molecule has 1 aromatic carbocycles. The first kappa shape index (κ1) is 15.3. The summed E-state index contributed by atoms with van der Waals surface area (Å²) in [5, 5.41) is 3.72. The van der Waals surface area contributed by atoms with Gasteiger partial charge in [-0.25, -0.2) is 0 Å². The van der Waals surface area contributed by atoms with Crippen molar-refractivity contribution in [3.8, 4) is 0 Å². The van der Waals surface area contributed by atoms with Crippen LogP contribution in [-0.2, 0) is 9.53 Å². The molecule has 0 aliphatic rings. The second-order valence-electron chi connectivity index (χ2n) is 4.05. The molecule has 100 valence electrons. The summed E-state index contributed by atoms with van der Waals surface area (Å²) in [5.41, 5.74) is -0.691. The quantitative estimate of drug-likeness (QED) is 0.645. The third-order valence-corrected chi connectivity index (χ3v) is 4.15. The fourth-order valence-corrected chi connectivity index (χ4v) is 2.67. The smallest absolute Gasteiger partial charge is 0.326 e. The minimum Gasteiger partial charge on any atom is -0.465 e. The second kappa shape index (κ2) is 7.02. The van der Waals surface area contributed by atoms with Crippen molar-refractivity contribution in [2.75, 3.05) is 19.4 Å². The minimum absolute atomic E-state index is 0.234. The Morgan fingerprint density at radius 1 is 1.56 bits per heavy atom. The standard InChI is InChI=1S/C13H18ClNO2S/c1-4-17-12(16)13(2,15-3)9-18-11-7-5-6-10(14)8-11/h5-8,15H,4,9H2,1-3H3. The molecule has 0 aromatic heterocycles. The Bertz CT molecular complexity index is 414. The van der Waals surface area contributed by atoms with Crippen molar-refractivity contribution in [1.29, 1.82) is 0 Å². The highest BCUT2D eigenvalue weighted by Gasteiger charge is 2.32. The molecule has 0 aliphatic carbocycles. The Morgan fingerprint density at radius 3 is 2.83 bits per heavy atom. The second-order valence-corrected chi connectivity index (χ2v) is 5.53. The van der Waals surface area contributed by atoms with E-state index in [-0.39, 0.29) is 5.97 Å². The number of nitrogens with one attached hydrogen (secondary N) is 1. The first-order chi connectivity index (χ1) is 8.51. The molecule has 18 heavy (non-hydrogen) atoms. The van der Waals surface area contributed by atoms with Gasteiger partial charge in [0, 0.05) is 15.7 Å². The third kappa shape index (κ3) is 4.19. The van der Waals surface area contributed by atoms with Gasteiger partial charge in [-0.1, -0.05) is 17.7 Å². The summed E-state index contributed by atoms with van der Waals surface area (Å²) >= 11 is 7.49. The molecule has 0 spiro atoms. The molecule has 0 saturated carbocycles. The van der Waals surface area contributed by atoms with Gasteiger partial charge >= 0.3 is 5.97 Å². The van der Waals surface area contributed by atoms with Gasteiger partial charge in [-0.2, -0.15) is 0 Å². The predicted octanol–water partition coefficient (Wildman–Crippen LogP) is 2.97. The number of halogens is 1.